The smallest absolute Gasteiger partial charge is 0.221 e. The molecule has 1 amide bonds. The Morgan fingerprint density at radius 2 is 2.25 bits per heavy atom. The first-order valence-electron chi connectivity index (χ1n) is 6.84. The van der Waals surface area contributed by atoms with Gasteiger partial charge in [-0.3, -0.25) is 4.79 Å². The predicted octanol–water partition coefficient (Wildman–Crippen LogP) is 1.08. The first kappa shape index (κ1) is 15.0. The molecule has 6 heteroatoms. The fraction of sp³-hybridized carbons (Fsp3) is 0.571. The molecular formula is C14H21N3O2S. The minimum atomic E-state index is -0.526. The Morgan fingerprint density at radius 3 is 2.80 bits per heavy atom. The van der Waals surface area contributed by atoms with Crippen LogP contribution in [0.5, 0.6) is 0 Å². The number of furan rings is 1. The second-order valence-corrected chi connectivity index (χ2v) is 5.82. The molecule has 0 atom stereocenters. The number of hydrogen-bond acceptors (Lipinski definition) is 4. The Hall–Kier alpha value is -1.40. The average Bonchev–Trinajstić information content (AvgIpc) is 2.92. The molecule has 1 aromatic heterocycles. The molecule has 1 fully saturated rings. The second kappa shape index (κ2) is 6.37. The molecule has 0 bridgehead atoms. The number of nitrogens with one attached hydrogen (secondary N) is 1. The lowest BCUT2D eigenvalue weighted by Crippen LogP contribution is -2.61. The number of piperidine rings is 1. The fourth-order valence-corrected chi connectivity index (χ4v) is 2.71. The molecule has 1 saturated heterocycles. The first-order chi connectivity index (χ1) is 9.52. The number of nitrogens with two attached hydrogens (primary N) is 1. The maximum absolute atomic E-state index is 12.1. The Balaban J connectivity index is 1.91. The van der Waals surface area contributed by atoms with Crippen molar-refractivity contribution in [3.63, 3.8) is 0 Å². The minimum Gasteiger partial charge on any atom is -0.469 e. The number of carbonyl (C=O) groups excluding carboxylic acids is 1. The van der Waals surface area contributed by atoms with Crippen LogP contribution in [0.2, 0.25) is 0 Å². The van der Waals surface area contributed by atoms with Crippen LogP contribution in [-0.4, -0.2) is 41.5 Å². The van der Waals surface area contributed by atoms with E-state index in [0.717, 1.165) is 31.7 Å². The van der Waals surface area contributed by atoms with E-state index < -0.39 is 5.54 Å². The molecule has 5 nitrogen and oxygen atoms in total. The van der Waals surface area contributed by atoms with Crippen molar-refractivity contribution in [1.82, 2.24) is 10.2 Å². The number of rotatable bonds is 5. The van der Waals surface area contributed by atoms with E-state index in [-0.39, 0.29) is 5.91 Å². The highest BCUT2D eigenvalue weighted by atomic mass is 32.1. The van der Waals surface area contributed by atoms with Gasteiger partial charge in [-0.15, -0.1) is 0 Å². The summed E-state index contributed by atoms with van der Waals surface area (Å²) >= 11 is 5.17. The molecule has 1 aliphatic rings. The molecule has 0 radical (unpaired) electrons. The van der Waals surface area contributed by atoms with Crippen molar-refractivity contribution in [3.8, 4) is 0 Å². The summed E-state index contributed by atoms with van der Waals surface area (Å²) in [6.45, 7) is 1.77. The number of carbonyl (C=O) groups is 1. The highest BCUT2D eigenvalue weighted by Crippen LogP contribution is 2.22. The van der Waals surface area contributed by atoms with Crippen LogP contribution in [0.1, 0.15) is 25.0 Å². The summed E-state index contributed by atoms with van der Waals surface area (Å²) in [6, 6.07) is 3.69. The van der Waals surface area contributed by atoms with Gasteiger partial charge in [0.2, 0.25) is 5.91 Å². The van der Waals surface area contributed by atoms with Crippen molar-refractivity contribution in [1.29, 1.82) is 0 Å². The van der Waals surface area contributed by atoms with Crippen molar-refractivity contribution < 1.29 is 9.21 Å². The molecule has 0 saturated carbocycles. The molecule has 2 heterocycles. The number of amides is 1. The molecule has 0 aromatic carbocycles. The van der Waals surface area contributed by atoms with Crippen molar-refractivity contribution >= 4 is 23.1 Å². The van der Waals surface area contributed by atoms with Gasteiger partial charge < -0.3 is 20.4 Å². The molecule has 110 valence electrons. The van der Waals surface area contributed by atoms with Crippen LogP contribution in [0, 0.1) is 0 Å². The highest BCUT2D eigenvalue weighted by molar-refractivity contribution is 7.80. The van der Waals surface area contributed by atoms with E-state index in [1.165, 1.54) is 0 Å². The third-order valence-corrected chi connectivity index (χ3v) is 4.26. The zero-order chi connectivity index (χ0) is 14.6. The SMILES string of the molecule is CN1CCC(NC(=O)CCc2ccco2)(C(N)=S)CC1. The lowest BCUT2D eigenvalue weighted by atomic mass is 9.87. The lowest BCUT2D eigenvalue weighted by molar-refractivity contribution is -0.122. The van der Waals surface area contributed by atoms with Crippen LogP contribution in [0.3, 0.4) is 0 Å². The van der Waals surface area contributed by atoms with E-state index >= 15 is 0 Å². The third-order valence-electron chi connectivity index (χ3n) is 3.87. The Bertz CT molecular complexity index is 465. The van der Waals surface area contributed by atoms with Crippen molar-refractivity contribution in [2.75, 3.05) is 20.1 Å². The Labute approximate surface area is 124 Å². The van der Waals surface area contributed by atoms with Gasteiger partial charge >= 0.3 is 0 Å². The molecule has 20 heavy (non-hydrogen) atoms. The number of hydrogen-bond donors (Lipinski definition) is 2. The van der Waals surface area contributed by atoms with Crippen LogP contribution in [-0.2, 0) is 11.2 Å². The summed E-state index contributed by atoms with van der Waals surface area (Å²) in [5.74, 6) is 0.784. The first-order valence-corrected chi connectivity index (χ1v) is 7.24. The topological polar surface area (TPSA) is 71.5 Å². The number of nitrogens with zero attached hydrogens (tertiary/aromatic N) is 1. The van der Waals surface area contributed by atoms with E-state index in [4.69, 9.17) is 22.4 Å². The van der Waals surface area contributed by atoms with E-state index in [9.17, 15) is 4.79 Å². The van der Waals surface area contributed by atoms with Crippen molar-refractivity contribution in [3.05, 3.63) is 24.2 Å². The maximum Gasteiger partial charge on any atom is 0.221 e. The van der Waals surface area contributed by atoms with Crippen LogP contribution in [0.15, 0.2) is 22.8 Å². The van der Waals surface area contributed by atoms with E-state index in [0.29, 0.717) is 17.8 Å². The molecule has 0 aliphatic carbocycles. The van der Waals surface area contributed by atoms with Gasteiger partial charge in [0.05, 0.1) is 16.8 Å². The Kier molecular flexibility index (Phi) is 4.77. The second-order valence-electron chi connectivity index (χ2n) is 5.38. The van der Waals surface area contributed by atoms with E-state index in [1.807, 2.05) is 12.1 Å². The van der Waals surface area contributed by atoms with Gasteiger partial charge in [0.15, 0.2) is 0 Å². The summed E-state index contributed by atoms with van der Waals surface area (Å²) in [5.41, 5.74) is 5.34. The number of aryl methyl sites for hydroxylation is 1. The standard InChI is InChI=1S/C14H21N3O2S/c1-17-8-6-14(7-9-17,13(15)20)16-12(18)5-4-11-3-2-10-19-11/h2-3,10H,4-9H2,1H3,(H2,15,20)(H,16,18). The van der Waals surface area contributed by atoms with Gasteiger partial charge in [0, 0.05) is 25.9 Å². The summed E-state index contributed by atoms with van der Waals surface area (Å²) < 4.78 is 5.22. The van der Waals surface area contributed by atoms with E-state index in [1.54, 1.807) is 6.26 Å². The molecule has 2 rings (SSSR count). The summed E-state index contributed by atoms with van der Waals surface area (Å²) in [7, 11) is 2.06. The molecule has 3 N–H and O–H groups in total. The molecule has 0 unspecified atom stereocenters. The van der Waals surface area contributed by atoms with Crippen LogP contribution >= 0.6 is 12.2 Å². The fourth-order valence-electron chi connectivity index (χ4n) is 2.45. The average molecular weight is 295 g/mol. The molecule has 1 aliphatic heterocycles. The van der Waals surface area contributed by atoms with Gasteiger partial charge in [0.25, 0.3) is 0 Å². The third kappa shape index (κ3) is 3.58. The summed E-state index contributed by atoms with van der Waals surface area (Å²) in [6.07, 6.45) is 4.12. The highest BCUT2D eigenvalue weighted by Gasteiger charge is 2.37. The number of likely N-dealkylation sites (tertiary alicyclic amines) is 1. The van der Waals surface area contributed by atoms with Gasteiger partial charge in [-0.25, -0.2) is 0 Å². The predicted molar refractivity (Wildman–Crippen MR) is 81.4 cm³/mol. The Morgan fingerprint density at radius 1 is 1.55 bits per heavy atom. The minimum absolute atomic E-state index is 0.0289. The van der Waals surface area contributed by atoms with Crippen LogP contribution in [0.25, 0.3) is 0 Å². The monoisotopic (exact) mass is 295 g/mol. The van der Waals surface area contributed by atoms with Crippen LogP contribution in [0.4, 0.5) is 0 Å². The van der Waals surface area contributed by atoms with Gasteiger partial charge in [-0.1, -0.05) is 12.2 Å². The maximum atomic E-state index is 12.1. The van der Waals surface area contributed by atoms with Gasteiger partial charge in [-0.2, -0.15) is 0 Å². The zero-order valence-electron chi connectivity index (χ0n) is 11.7. The van der Waals surface area contributed by atoms with E-state index in [2.05, 4.69) is 17.3 Å². The molecular weight excluding hydrogens is 274 g/mol. The van der Waals surface area contributed by atoms with Crippen molar-refractivity contribution in [2.45, 2.75) is 31.2 Å². The van der Waals surface area contributed by atoms with Gasteiger partial charge in [-0.05, 0) is 32.0 Å². The largest absolute Gasteiger partial charge is 0.469 e. The molecule has 0 spiro atoms. The van der Waals surface area contributed by atoms with Crippen LogP contribution < -0.4 is 11.1 Å². The normalized spacial score (nSPS) is 18.6. The summed E-state index contributed by atoms with van der Waals surface area (Å²) in [5, 5.41) is 3.04. The van der Waals surface area contributed by atoms with Crippen molar-refractivity contribution in [2.24, 2.45) is 5.73 Å². The summed E-state index contributed by atoms with van der Waals surface area (Å²) in [4.78, 5) is 14.7. The van der Waals surface area contributed by atoms with Gasteiger partial charge in [0.1, 0.15) is 5.76 Å². The quantitative estimate of drug-likeness (QED) is 0.795. The zero-order valence-corrected chi connectivity index (χ0v) is 12.5. The number of thiocarbonyl (C=S) groups is 1. The molecule has 1 aromatic rings. The lowest BCUT2D eigenvalue weighted by Gasteiger charge is -2.40.